The number of rotatable bonds is 8. The summed E-state index contributed by atoms with van der Waals surface area (Å²) in [6.07, 6.45) is 3.42. The van der Waals surface area contributed by atoms with Crippen molar-refractivity contribution in [2.24, 2.45) is 5.92 Å². The third kappa shape index (κ3) is 7.53. The monoisotopic (exact) mass is 560 g/mol. The molecule has 0 aromatic heterocycles. The van der Waals surface area contributed by atoms with E-state index in [0.717, 1.165) is 18.4 Å². The lowest BCUT2D eigenvalue weighted by molar-refractivity contribution is -0.160. The minimum atomic E-state index is -1.35. The molecule has 0 spiro atoms. The van der Waals surface area contributed by atoms with Crippen LogP contribution in [0.4, 0.5) is 0 Å². The van der Waals surface area contributed by atoms with E-state index in [4.69, 9.17) is 37.4 Å². The van der Waals surface area contributed by atoms with Gasteiger partial charge in [0.15, 0.2) is 11.9 Å². The van der Waals surface area contributed by atoms with Gasteiger partial charge >= 0.3 is 0 Å². The Hall–Kier alpha value is -1.00. The molecule has 202 valence electrons. The molecule has 0 aliphatic carbocycles. The molecule has 3 rings (SSSR count). The Morgan fingerprint density at radius 1 is 1.33 bits per heavy atom. The standard InChI is InChI=1S/C26H38Cl2N2O5S/c1-7-13-33-21-15-20(28)19(27)14-18(21)23(29-36(32)25(2,3)4)17-9-8-11-30(12-10-17)24(31)22-16-34-26(5,6)35-22/h7,14-15,17,22-23,29H,1,8-13,16H2,2-6H3/t17?,22-,23?,36+/m1/s1. The lowest BCUT2D eigenvalue weighted by Gasteiger charge is -2.33. The van der Waals surface area contributed by atoms with Crippen molar-refractivity contribution < 1.29 is 23.6 Å². The van der Waals surface area contributed by atoms with Crippen LogP contribution in [0.25, 0.3) is 0 Å². The zero-order chi connectivity index (χ0) is 26.7. The van der Waals surface area contributed by atoms with Gasteiger partial charge in [-0.2, -0.15) is 0 Å². The van der Waals surface area contributed by atoms with Crippen molar-refractivity contribution in [2.75, 3.05) is 26.3 Å². The van der Waals surface area contributed by atoms with Gasteiger partial charge in [-0.15, -0.1) is 4.72 Å². The number of likely N-dealkylation sites (tertiary alicyclic amines) is 1. The Morgan fingerprint density at radius 2 is 2.03 bits per heavy atom. The molecule has 1 amide bonds. The maximum Gasteiger partial charge on any atom is 0.254 e. The lowest BCUT2D eigenvalue weighted by Crippen LogP contribution is -2.44. The number of amides is 1. The van der Waals surface area contributed by atoms with Crippen LogP contribution in [-0.4, -0.2) is 58.3 Å². The summed E-state index contributed by atoms with van der Waals surface area (Å²) in [4.78, 5) is 15.0. The van der Waals surface area contributed by atoms with Crippen molar-refractivity contribution in [3.8, 4) is 5.75 Å². The summed E-state index contributed by atoms with van der Waals surface area (Å²) in [6, 6.07) is 3.17. The van der Waals surface area contributed by atoms with E-state index in [1.807, 2.05) is 39.5 Å². The number of hydrogen-bond acceptors (Lipinski definition) is 6. The normalized spacial score (nSPS) is 24.2. The largest absolute Gasteiger partial charge is 0.598 e. The van der Waals surface area contributed by atoms with E-state index in [2.05, 4.69) is 11.3 Å². The van der Waals surface area contributed by atoms with Gasteiger partial charge in [-0.1, -0.05) is 35.9 Å². The second-order valence-corrected chi connectivity index (χ2v) is 13.5. The number of nitrogens with one attached hydrogen (secondary N) is 1. The van der Waals surface area contributed by atoms with Crippen molar-refractivity contribution >= 4 is 40.5 Å². The van der Waals surface area contributed by atoms with Crippen LogP contribution in [0.5, 0.6) is 5.75 Å². The van der Waals surface area contributed by atoms with E-state index < -0.39 is 28.0 Å². The zero-order valence-electron chi connectivity index (χ0n) is 21.8. The molecular formula is C26H38Cl2N2O5S. The zero-order valence-corrected chi connectivity index (χ0v) is 24.1. The molecular weight excluding hydrogens is 523 g/mol. The second kappa shape index (κ2) is 12.2. The summed E-state index contributed by atoms with van der Waals surface area (Å²) in [5.74, 6) is -0.150. The predicted octanol–water partition coefficient (Wildman–Crippen LogP) is 5.43. The van der Waals surface area contributed by atoms with Gasteiger partial charge in [-0.25, -0.2) is 0 Å². The van der Waals surface area contributed by atoms with Crippen LogP contribution >= 0.6 is 23.2 Å². The Balaban J connectivity index is 1.86. The van der Waals surface area contributed by atoms with E-state index in [0.29, 0.717) is 41.9 Å². The number of ether oxygens (including phenoxy) is 3. The summed E-state index contributed by atoms with van der Waals surface area (Å²) < 4.78 is 33.5. The fraction of sp³-hybridized carbons (Fsp3) is 0.654. The minimum Gasteiger partial charge on any atom is -0.598 e. The number of halogens is 2. The van der Waals surface area contributed by atoms with Gasteiger partial charge in [0.1, 0.15) is 17.1 Å². The van der Waals surface area contributed by atoms with Gasteiger partial charge < -0.3 is 23.7 Å². The Kier molecular flexibility index (Phi) is 10.0. The molecule has 2 fully saturated rings. The third-order valence-electron chi connectivity index (χ3n) is 6.37. The van der Waals surface area contributed by atoms with Crippen LogP contribution in [0.1, 0.15) is 65.5 Å². The van der Waals surface area contributed by atoms with Crippen LogP contribution in [-0.2, 0) is 25.6 Å². The maximum absolute atomic E-state index is 13.3. The van der Waals surface area contributed by atoms with Crippen molar-refractivity contribution in [1.82, 2.24) is 9.62 Å². The highest BCUT2D eigenvalue weighted by Gasteiger charge is 2.41. The van der Waals surface area contributed by atoms with Gasteiger partial charge in [0.25, 0.3) is 5.91 Å². The molecule has 0 saturated carbocycles. The summed E-state index contributed by atoms with van der Waals surface area (Å²) in [7, 11) is 0. The molecule has 36 heavy (non-hydrogen) atoms. The smallest absolute Gasteiger partial charge is 0.254 e. The van der Waals surface area contributed by atoms with E-state index >= 15 is 0 Å². The van der Waals surface area contributed by atoms with Gasteiger partial charge in [-0.05, 0) is 65.9 Å². The molecule has 0 bridgehead atoms. The van der Waals surface area contributed by atoms with E-state index in [1.165, 1.54) is 0 Å². The molecule has 4 atom stereocenters. The first-order valence-electron chi connectivity index (χ1n) is 12.3. The van der Waals surface area contributed by atoms with Gasteiger partial charge in [0.05, 0.1) is 22.7 Å². The molecule has 7 nitrogen and oxygen atoms in total. The maximum atomic E-state index is 13.3. The Morgan fingerprint density at radius 3 is 2.64 bits per heavy atom. The SMILES string of the molecule is C=CCOc1cc(Cl)c(Cl)cc1C(N[S@@+]([O-])C(C)(C)C)C1CCCN(C(=O)[C@H]2COC(C)(C)O2)CC1. The molecule has 10 heteroatoms. The molecule has 2 unspecified atom stereocenters. The van der Waals surface area contributed by atoms with E-state index in [1.54, 1.807) is 18.2 Å². The Labute approximate surface area is 228 Å². The van der Waals surface area contributed by atoms with Gasteiger partial charge in [-0.3, -0.25) is 4.79 Å². The number of hydrogen-bond donors (Lipinski definition) is 1. The van der Waals surface area contributed by atoms with Crippen LogP contribution in [0.2, 0.25) is 10.0 Å². The van der Waals surface area contributed by atoms with E-state index in [-0.39, 0.29) is 24.5 Å². The molecule has 2 saturated heterocycles. The predicted molar refractivity (Wildman–Crippen MR) is 145 cm³/mol. The third-order valence-corrected chi connectivity index (χ3v) is 8.68. The first kappa shape index (κ1) is 29.6. The molecule has 2 aliphatic heterocycles. The van der Waals surface area contributed by atoms with Gasteiger partial charge in [0.2, 0.25) is 0 Å². The average molecular weight is 562 g/mol. The highest BCUT2D eigenvalue weighted by Crippen LogP contribution is 2.41. The molecule has 1 aromatic rings. The van der Waals surface area contributed by atoms with Crippen LogP contribution < -0.4 is 9.46 Å². The summed E-state index contributed by atoms with van der Waals surface area (Å²) in [5.41, 5.74) is 0.794. The first-order valence-corrected chi connectivity index (χ1v) is 14.2. The summed E-state index contributed by atoms with van der Waals surface area (Å²) in [5, 5.41) is 0.784. The first-order chi connectivity index (χ1) is 16.8. The highest BCUT2D eigenvalue weighted by molar-refractivity contribution is 7.90. The molecule has 2 heterocycles. The quantitative estimate of drug-likeness (QED) is 0.337. The highest BCUT2D eigenvalue weighted by atomic mass is 35.5. The summed E-state index contributed by atoms with van der Waals surface area (Å²) in [6.45, 7) is 14.9. The van der Waals surface area contributed by atoms with Crippen LogP contribution in [0.15, 0.2) is 24.8 Å². The summed E-state index contributed by atoms with van der Waals surface area (Å²) >= 11 is 11.4. The lowest BCUT2D eigenvalue weighted by atomic mass is 9.87. The fourth-order valence-corrected chi connectivity index (χ4v) is 5.68. The van der Waals surface area contributed by atoms with Gasteiger partial charge in [0, 0.05) is 36.1 Å². The minimum absolute atomic E-state index is 0.0476. The fourth-order valence-electron chi connectivity index (χ4n) is 4.45. The molecule has 1 aromatic carbocycles. The number of carbonyl (C=O) groups excluding carboxylic acids is 1. The topological polar surface area (TPSA) is 83.1 Å². The number of nitrogens with zero attached hydrogens (tertiary/aromatic N) is 1. The van der Waals surface area contributed by atoms with Crippen LogP contribution in [0.3, 0.4) is 0 Å². The van der Waals surface area contributed by atoms with Crippen molar-refractivity contribution in [3.63, 3.8) is 0 Å². The van der Waals surface area contributed by atoms with Crippen molar-refractivity contribution in [1.29, 1.82) is 0 Å². The molecule has 2 aliphatic rings. The van der Waals surface area contributed by atoms with E-state index in [9.17, 15) is 9.35 Å². The molecule has 1 N–H and O–H groups in total. The van der Waals surface area contributed by atoms with Crippen molar-refractivity contribution in [3.05, 3.63) is 40.4 Å². The average Bonchev–Trinajstić information content (AvgIpc) is 3.01. The Bertz CT molecular complexity index is 940. The van der Waals surface area contributed by atoms with Crippen LogP contribution in [0, 0.1) is 5.92 Å². The second-order valence-electron chi connectivity index (χ2n) is 10.7. The molecule has 0 radical (unpaired) electrons. The number of carbonyl (C=O) groups is 1. The number of benzene rings is 1. The van der Waals surface area contributed by atoms with Crippen molar-refractivity contribution in [2.45, 2.75) is 76.6 Å².